The van der Waals surface area contributed by atoms with Crippen LogP contribution in [-0.4, -0.2) is 49.2 Å². The van der Waals surface area contributed by atoms with Crippen LogP contribution < -0.4 is 10.6 Å². The number of nitrogens with one attached hydrogen (secondary N) is 2. The molecule has 0 fully saturated rings. The smallest absolute Gasteiger partial charge is 0.326 e. The number of hydrogen-bond acceptors (Lipinski definition) is 4. The number of rotatable bonds is 10. The summed E-state index contributed by atoms with van der Waals surface area (Å²) in [5.41, 5.74) is 0. The molecule has 0 radical (unpaired) electrons. The molecule has 1 unspecified atom stereocenters. The molecule has 0 rings (SSSR count). The Balaban J connectivity index is 4.01. The van der Waals surface area contributed by atoms with Crippen LogP contribution in [0.15, 0.2) is 0 Å². The number of amides is 2. The standard InChI is InChI=1S/C13H24N2O5/c1-9(2)4-5-11(16)14-8-12(17)15-10(13(18)19)6-7-20-3/h9-10H,4-8H2,1-3H3,(H,14,16)(H,15,17)(H,18,19). The van der Waals surface area contributed by atoms with Crippen LogP contribution in [0.3, 0.4) is 0 Å². The molecule has 0 bridgehead atoms. The largest absolute Gasteiger partial charge is 0.480 e. The molecule has 0 aromatic heterocycles. The monoisotopic (exact) mass is 288 g/mol. The van der Waals surface area contributed by atoms with Crippen molar-refractivity contribution in [2.75, 3.05) is 20.3 Å². The number of methoxy groups -OCH3 is 1. The Bertz CT molecular complexity index is 331. The molecule has 1 atom stereocenters. The molecule has 7 heteroatoms. The quantitative estimate of drug-likeness (QED) is 0.530. The van der Waals surface area contributed by atoms with Crippen LogP contribution in [0, 0.1) is 5.92 Å². The number of ether oxygens (including phenoxy) is 1. The normalized spacial score (nSPS) is 12.0. The number of aliphatic carboxylic acids is 1. The fourth-order valence-corrected chi connectivity index (χ4v) is 1.43. The van der Waals surface area contributed by atoms with E-state index in [1.165, 1.54) is 7.11 Å². The first-order valence-corrected chi connectivity index (χ1v) is 6.64. The summed E-state index contributed by atoms with van der Waals surface area (Å²) in [6.45, 7) is 4.03. The topological polar surface area (TPSA) is 105 Å². The second-order valence-corrected chi connectivity index (χ2v) is 4.95. The molecule has 0 aromatic carbocycles. The highest BCUT2D eigenvalue weighted by Crippen LogP contribution is 2.02. The SMILES string of the molecule is COCCC(NC(=O)CNC(=O)CCC(C)C)C(=O)O. The van der Waals surface area contributed by atoms with Crippen LogP contribution in [0.4, 0.5) is 0 Å². The van der Waals surface area contributed by atoms with E-state index in [2.05, 4.69) is 10.6 Å². The fraction of sp³-hybridized carbons (Fsp3) is 0.769. The van der Waals surface area contributed by atoms with Gasteiger partial charge in [0.15, 0.2) is 0 Å². The van der Waals surface area contributed by atoms with Gasteiger partial charge in [-0.15, -0.1) is 0 Å². The Morgan fingerprint density at radius 2 is 1.80 bits per heavy atom. The van der Waals surface area contributed by atoms with Gasteiger partial charge in [0.25, 0.3) is 0 Å². The molecule has 116 valence electrons. The molecule has 0 heterocycles. The lowest BCUT2D eigenvalue weighted by Crippen LogP contribution is -2.46. The van der Waals surface area contributed by atoms with E-state index in [4.69, 9.17) is 9.84 Å². The van der Waals surface area contributed by atoms with Crippen molar-refractivity contribution in [3.05, 3.63) is 0 Å². The van der Waals surface area contributed by atoms with Crippen molar-refractivity contribution in [2.45, 2.75) is 39.2 Å². The van der Waals surface area contributed by atoms with Crippen LogP contribution in [0.5, 0.6) is 0 Å². The van der Waals surface area contributed by atoms with Crippen molar-refractivity contribution in [1.29, 1.82) is 0 Å². The summed E-state index contributed by atoms with van der Waals surface area (Å²) in [7, 11) is 1.45. The van der Waals surface area contributed by atoms with E-state index in [9.17, 15) is 14.4 Å². The Hall–Kier alpha value is -1.63. The average Bonchev–Trinajstić information content (AvgIpc) is 2.38. The van der Waals surface area contributed by atoms with E-state index in [0.717, 1.165) is 6.42 Å². The highest BCUT2D eigenvalue weighted by atomic mass is 16.5. The molecular formula is C13H24N2O5. The van der Waals surface area contributed by atoms with Gasteiger partial charge in [0.2, 0.25) is 11.8 Å². The molecule has 20 heavy (non-hydrogen) atoms. The van der Waals surface area contributed by atoms with Crippen LogP contribution >= 0.6 is 0 Å². The fourth-order valence-electron chi connectivity index (χ4n) is 1.43. The predicted octanol–water partition coefficient (Wildman–Crippen LogP) is 0.145. The van der Waals surface area contributed by atoms with Gasteiger partial charge in [0.1, 0.15) is 6.04 Å². The van der Waals surface area contributed by atoms with Crippen molar-refractivity contribution in [3.8, 4) is 0 Å². The van der Waals surface area contributed by atoms with Crippen LogP contribution in [0.1, 0.15) is 33.1 Å². The number of carbonyl (C=O) groups is 3. The molecule has 0 saturated heterocycles. The average molecular weight is 288 g/mol. The Kier molecular flexibility index (Phi) is 9.36. The second-order valence-electron chi connectivity index (χ2n) is 4.95. The zero-order chi connectivity index (χ0) is 15.5. The lowest BCUT2D eigenvalue weighted by molar-refractivity contribution is -0.142. The van der Waals surface area contributed by atoms with Gasteiger partial charge in [0, 0.05) is 26.6 Å². The molecular weight excluding hydrogens is 264 g/mol. The molecule has 3 N–H and O–H groups in total. The van der Waals surface area contributed by atoms with Gasteiger partial charge >= 0.3 is 5.97 Å². The summed E-state index contributed by atoms with van der Waals surface area (Å²) in [6.07, 6.45) is 1.29. The molecule has 0 aliphatic rings. The van der Waals surface area contributed by atoms with E-state index in [-0.39, 0.29) is 25.5 Å². The summed E-state index contributed by atoms with van der Waals surface area (Å²) in [5, 5.41) is 13.7. The molecule has 0 aliphatic carbocycles. The first-order valence-electron chi connectivity index (χ1n) is 6.64. The third-order valence-corrected chi connectivity index (χ3v) is 2.64. The maximum absolute atomic E-state index is 11.5. The van der Waals surface area contributed by atoms with Gasteiger partial charge in [-0.3, -0.25) is 9.59 Å². The number of hydrogen-bond donors (Lipinski definition) is 3. The van der Waals surface area contributed by atoms with E-state index >= 15 is 0 Å². The second kappa shape index (κ2) is 10.2. The molecule has 7 nitrogen and oxygen atoms in total. The molecule has 0 aliphatic heterocycles. The van der Waals surface area contributed by atoms with Crippen molar-refractivity contribution < 1.29 is 24.2 Å². The first-order chi connectivity index (χ1) is 9.36. The first kappa shape index (κ1) is 18.4. The summed E-state index contributed by atoms with van der Waals surface area (Å²) < 4.78 is 4.77. The lowest BCUT2D eigenvalue weighted by Gasteiger charge is -2.14. The van der Waals surface area contributed by atoms with Gasteiger partial charge in [-0.25, -0.2) is 4.79 Å². The maximum atomic E-state index is 11.5. The number of carboxylic acid groups (broad SMARTS) is 1. The minimum absolute atomic E-state index is 0.179. The molecule has 0 aromatic rings. The predicted molar refractivity (Wildman–Crippen MR) is 73.1 cm³/mol. The van der Waals surface area contributed by atoms with Crippen molar-refractivity contribution in [3.63, 3.8) is 0 Å². The van der Waals surface area contributed by atoms with E-state index in [0.29, 0.717) is 12.3 Å². The van der Waals surface area contributed by atoms with Crippen molar-refractivity contribution in [2.24, 2.45) is 5.92 Å². The third kappa shape index (κ3) is 9.32. The summed E-state index contributed by atoms with van der Waals surface area (Å²) >= 11 is 0. The number of carbonyl (C=O) groups excluding carboxylic acids is 2. The van der Waals surface area contributed by atoms with Crippen molar-refractivity contribution in [1.82, 2.24) is 10.6 Å². The molecule has 0 saturated carbocycles. The summed E-state index contributed by atoms with van der Waals surface area (Å²) in [4.78, 5) is 33.8. The Morgan fingerprint density at radius 3 is 2.30 bits per heavy atom. The summed E-state index contributed by atoms with van der Waals surface area (Å²) in [5.74, 6) is -1.44. The van der Waals surface area contributed by atoms with E-state index in [1.54, 1.807) is 0 Å². The van der Waals surface area contributed by atoms with Crippen LogP contribution in [0.25, 0.3) is 0 Å². The van der Waals surface area contributed by atoms with Gasteiger partial charge in [-0.1, -0.05) is 13.8 Å². The van der Waals surface area contributed by atoms with Gasteiger partial charge in [-0.2, -0.15) is 0 Å². The third-order valence-electron chi connectivity index (χ3n) is 2.64. The Morgan fingerprint density at radius 1 is 1.15 bits per heavy atom. The van der Waals surface area contributed by atoms with Gasteiger partial charge < -0.3 is 20.5 Å². The zero-order valence-electron chi connectivity index (χ0n) is 12.3. The summed E-state index contributed by atoms with van der Waals surface area (Å²) in [6, 6.07) is -1.00. The minimum atomic E-state index is -1.12. The van der Waals surface area contributed by atoms with E-state index in [1.807, 2.05) is 13.8 Å². The van der Waals surface area contributed by atoms with Gasteiger partial charge in [0.05, 0.1) is 6.54 Å². The molecule has 2 amide bonds. The van der Waals surface area contributed by atoms with E-state index < -0.39 is 17.9 Å². The number of carboxylic acids is 1. The van der Waals surface area contributed by atoms with Crippen molar-refractivity contribution >= 4 is 17.8 Å². The zero-order valence-corrected chi connectivity index (χ0v) is 12.3. The molecule has 0 spiro atoms. The highest BCUT2D eigenvalue weighted by molar-refractivity contribution is 5.87. The Labute approximate surface area is 119 Å². The van der Waals surface area contributed by atoms with Crippen LogP contribution in [0.2, 0.25) is 0 Å². The van der Waals surface area contributed by atoms with Gasteiger partial charge in [-0.05, 0) is 12.3 Å². The minimum Gasteiger partial charge on any atom is -0.480 e. The van der Waals surface area contributed by atoms with Crippen LogP contribution in [-0.2, 0) is 19.1 Å². The maximum Gasteiger partial charge on any atom is 0.326 e. The highest BCUT2D eigenvalue weighted by Gasteiger charge is 2.19. The lowest BCUT2D eigenvalue weighted by atomic mass is 10.1.